The van der Waals surface area contributed by atoms with Gasteiger partial charge in [-0.2, -0.15) is 0 Å². The van der Waals surface area contributed by atoms with Crippen molar-refractivity contribution in [3.05, 3.63) is 0 Å². The van der Waals surface area contributed by atoms with Gasteiger partial charge in [0.2, 0.25) is 0 Å². The molecule has 1 aliphatic heterocycles. The molecular weight excluding hydrogens is 803 g/mol. The first kappa shape index (κ1) is 58.4. The number of hydrogen-bond acceptors (Lipinski definition) is 9. The zero-order chi connectivity index (χ0) is 46.1. The van der Waals surface area contributed by atoms with E-state index in [1.807, 2.05) is 0 Å². The lowest BCUT2D eigenvalue weighted by Gasteiger charge is -2.20. The van der Waals surface area contributed by atoms with E-state index in [1.54, 1.807) is 0 Å². The molecule has 9 heteroatoms. The van der Waals surface area contributed by atoms with Gasteiger partial charge in [0, 0.05) is 45.3 Å². The van der Waals surface area contributed by atoms with E-state index in [9.17, 15) is 14.4 Å². The maximum atomic E-state index is 12.8. The highest BCUT2D eigenvalue weighted by Gasteiger charge is 2.38. The van der Waals surface area contributed by atoms with E-state index < -0.39 is 0 Å². The molecule has 0 radical (unpaired) electrons. The van der Waals surface area contributed by atoms with Crippen LogP contribution in [0.25, 0.3) is 0 Å². The van der Waals surface area contributed by atoms with Gasteiger partial charge in [-0.3, -0.25) is 14.4 Å². The highest BCUT2D eigenvalue weighted by molar-refractivity contribution is 5.70. The second kappa shape index (κ2) is 41.5. The number of carbonyl (C=O) groups excluding carboxylic acids is 3. The SMILES string of the molecule is CCCCCC(CCCC)CCOC(=O)CCCCCCCCOC1CC(OC(=O)CCCN2CCCC2)CC1OCCCCCCCC(=O)OCCC(CCCCC)CCCCC. The van der Waals surface area contributed by atoms with Gasteiger partial charge in [-0.25, -0.2) is 0 Å². The van der Waals surface area contributed by atoms with Crippen LogP contribution in [-0.4, -0.2) is 87.2 Å². The van der Waals surface area contributed by atoms with Crippen molar-refractivity contribution in [3.8, 4) is 0 Å². The molecule has 0 aromatic rings. The van der Waals surface area contributed by atoms with Crippen LogP contribution in [0.1, 0.15) is 259 Å². The Morgan fingerprint density at radius 1 is 0.438 bits per heavy atom. The Hall–Kier alpha value is -1.71. The first-order chi connectivity index (χ1) is 31.4. The summed E-state index contributed by atoms with van der Waals surface area (Å²) in [6.07, 6.45) is 38.5. The molecule has 0 amide bonds. The molecule has 2 aliphatic rings. The Labute approximate surface area is 394 Å². The smallest absolute Gasteiger partial charge is 0.306 e. The quantitative estimate of drug-likeness (QED) is 0.0336. The summed E-state index contributed by atoms with van der Waals surface area (Å²) in [5, 5.41) is 0. The second-order valence-corrected chi connectivity index (χ2v) is 19.8. The van der Waals surface area contributed by atoms with Crippen LogP contribution < -0.4 is 0 Å². The molecule has 0 aromatic heterocycles. The van der Waals surface area contributed by atoms with Crippen molar-refractivity contribution in [1.82, 2.24) is 4.90 Å². The van der Waals surface area contributed by atoms with E-state index in [0.717, 1.165) is 110 Å². The topological polar surface area (TPSA) is 101 Å². The van der Waals surface area contributed by atoms with E-state index in [0.29, 0.717) is 70.4 Å². The molecule has 4 atom stereocenters. The maximum absolute atomic E-state index is 12.8. The maximum Gasteiger partial charge on any atom is 0.306 e. The van der Waals surface area contributed by atoms with Crippen LogP contribution in [0.4, 0.5) is 0 Å². The predicted molar refractivity (Wildman–Crippen MR) is 264 cm³/mol. The van der Waals surface area contributed by atoms with E-state index in [2.05, 4.69) is 32.6 Å². The summed E-state index contributed by atoms with van der Waals surface area (Å²) >= 11 is 0. The lowest BCUT2D eigenvalue weighted by molar-refractivity contribution is -0.149. The third kappa shape index (κ3) is 32.1. The highest BCUT2D eigenvalue weighted by Crippen LogP contribution is 2.29. The summed E-state index contributed by atoms with van der Waals surface area (Å²) < 4.78 is 30.1. The summed E-state index contributed by atoms with van der Waals surface area (Å²) in [7, 11) is 0. The van der Waals surface area contributed by atoms with Gasteiger partial charge in [-0.05, 0) is 89.3 Å². The zero-order valence-corrected chi connectivity index (χ0v) is 42.5. The Balaban J connectivity index is 1.61. The summed E-state index contributed by atoms with van der Waals surface area (Å²) in [6.45, 7) is 14.8. The van der Waals surface area contributed by atoms with E-state index in [4.69, 9.17) is 23.7 Å². The van der Waals surface area contributed by atoms with Crippen molar-refractivity contribution in [3.63, 3.8) is 0 Å². The number of carbonyl (C=O) groups is 3. The molecule has 0 bridgehead atoms. The van der Waals surface area contributed by atoms with E-state index in [1.165, 1.54) is 109 Å². The van der Waals surface area contributed by atoms with Crippen LogP contribution >= 0.6 is 0 Å². The molecule has 1 saturated carbocycles. The van der Waals surface area contributed by atoms with Gasteiger partial charge in [0.05, 0.1) is 25.4 Å². The number of likely N-dealkylation sites (tertiary alicyclic amines) is 1. The van der Waals surface area contributed by atoms with E-state index in [-0.39, 0.29) is 36.2 Å². The van der Waals surface area contributed by atoms with Crippen LogP contribution in [0.3, 0.4) is 0 Å². The van der Waals surface area contributed by atoms with Crippen molar-refractivity contribution in [2.75, 3.05) is 46.1 Å². The minimum absolute atomic E-state index is 0.0331. The van der Waals surface area contributed by atoms with Gasteiger partial charge in [0.1, 0.15) is 6.10 Å². The van der Waals surface area contributed by atoms with Crippen LogP contribution in [0.5, 0.6) is 0 Å². The Kier molecular flexibility index (Phi) is 37.9. The van der Waals surface area contributed by atoms with Crippen LogP contribution in [-0.2, 0) is 38.1 Å². The van der Waals surface area contributed by atoms with Crippen LogP contribution in [0.2, 0.25) is 0 Å². The van der Waals surface area contributed by atoms with Crippen molar-refractivity contribution in [1.29, 1.82) is 0 Å². The third-order valence-electron chi connectivity index (χ3n) is 13.9. The molecule has 1 saturated heterocycles. The van der Waals surface area contributed by atoms with Crippen molar-refractivity contribution >= 4 is 17.9 Å². The number of ether oxygens (including phenoxy) is 5. The van der Waals surface area contributed by atoms with Gasteiger partial charge in [0.25, 0.3) is 0 Å². The molecule has 4 unspecified atom stereocenters. The average molecular weight is 906 g/mol. The van der Waals surface area contributed by atoms with Crippen molar-refractivity contribution in [2.45, 2.75) is 277 Å². The zero-order valence-electron chi connectivity index (χ0n) is 42.5. The first-order valence-corrected chi connectivity index (χ1v) is 27.8. The van der Waals surface area contributed by atoms with Crippen molar-refractivity contribution in [2.24, 2.45) is 11.8 Å². The number of rotatable bonds is 45. The standard InChI is InChI=1S/C55H103NO8/c1-5-9-20-31-48(30-12-8-4)37-44-62-53(57)34-23-16-13-14-18-27-42-60-51-46-50(64-55(59)36-29-41-56-39-25-26-40-56)47-52(51)61-43-28-19-15-17-24-35-54(58)63-45-38-49(32-21-10-6-2)33-22-11-7-3/h48-52H,5-47H2,1-4H3. The molecule has 64 heavy (non-hydrogen) atoms. The van der Waals surface area contributed by atoms with Crippen LogP contribution in [0, 0.1) is 11.8 Å². The Morgan fingerprint density at radius 2 is 0.844 bits per heavy atom. The highest BCUT2D eigenvalue weighted by atomic mass is 16.6. The summed E-state index contributed by atoms with van der Waals surface area (Å²) in [4.78, 5) is 40.0. The number of unbranched alkanes of at least 4 members (excludes halogenated alkanes) is 16. The summed E-state index contributed by atoms with van der Waals surface area (Å²) in [5.74, 6) is 1.22. The molecular formula is C55H103NO8. The van der Waals surface area contributed by atoms with Gasteiger partial charge in [-0.15, -0.1) is 0 Å². The predicted octanol–water partition coefficient (Wildman–Crippen LogP) is 14.4. The normalized spacial score (nSPS) is 18.2. The molecule has 0 aromatic carbocycles. The van der Waals surface area contributed by atoms with Gasteiger partial charge in [0.15, 0.2) is 0 Å². The second-order valence-electron chi connectivity index (χ2n) is 19.8. The molecule has 1 heterocycles. The first-order valence-electron chi connectivity index (χ1n) is 27.8. The van der Waals surface area contributed by atoms with Gasteiger partial charge in [-0.1, -0.05) is 169 Å². The molecule has 0 spiro atoms. The lowest BCUT2D eigenvalue weighted by Crippen LogP contribution is -2.27. The third-order valence-corrected chi connectivity index (χ3v) is 13.9. The molecule has 1 aliphatic carbocycles. The summed E-state index contributed by atoms with van der Waals surface area (Å²) in [5.41, 5.74) is 0. The number of hydrogen-bond donors (Lipinski definition) is 0. The minimum Gasteiger partial charge on any atom is -0.466 e. The van der Waals surface area contributed by atoms with Gasteiger partial charge >= 0.3 is 17.9 Å². The lowest BCUT2D eigenvalue weighted by atomic mass is 9.92. The molecule has 9 nitrogen and oxygen atoms in total. The summed E-state index contributed by atoms with van der Waals surface area (Å²) in [6, 6.07) is 0. The Morgan fingerprint density at radius 3 is 1.30 bits per heavy atom. The fourth-order valence-corrected chi connectivity index (χ4v) is 9.74. The fourth-order valence-electron chi connectivity index (χ4n) is 9.74. The van der Waals surface area contributed by atoms with Gasteiger partial charge < -0.3 is 28.6 Å². The van der Waals surface area contributed by atoms with Crippen LogP contribution in [0.15, 0.2) is 0 Å². The van der Waals surface area contributed by atoms with E-state index >= 15 is 0 Å². The largest absolute Gasteiger partial charge is 0.466 e. The number of nitrogens with zero attached hydrogens (tertiary/aromatic N) is 1. The Bertz CT molecular complexity index is 1090. The number of esters is 3. The molecule has 0 N–H and O–H groups in total. The average Bonchev–Trinajstić information content (AvgIpc) is 3.95. The minimum atomic E-state index is -0.151. The van der Waals surface area contributed by atoms with Crippen molar-refractivity contribution < 1.29 is 38.1 Å². The monoisotopic (exact) mass is 906 g/mol. The molecule has 2 fully saturated rings. The molecule has 376 valence electrons. The fraction of sp³-hybridized carbons (Fsp3) is 0.945. The molecule has 2 rings (SSSR count).